The molecule has 3 aromatic heterocycles. The van der Waals surface area contributed by atoms with Crippen LogP contribution in [0.2, 0.25) is 0 Å². The van der Waals surface area contributed by atoms with E-state index in [9.17, 15) is 9.18 Å². The molecule has 4 rings (SSSR count). The SMILES string of the molecule is Cc1cn2cc(NC(=S)NNc3cc(N4CCN(C(=O)OC(C)(C)C)CC4)ccn3)cc(F)c2n1. The van der Waals surface area contributed by atoms with Gasteiger partial charge in [-0.05, 0) is 46.0 Å². The van der Waals surface area contributed by atoms with E-state index in [0.717, 1.165) is 11.4 Å². The highest BCUT2D eigenvalue weighted by atomic mass is 32.1. The second-order valence-electron chi connectivity index (χ2n) is 9.25. The van der Waals surface area contributed by atoms with Crippen LogP contribution in [0.1, 0.15) is 26.5 Å². The van der Waals surface area contributed by atoms with Crippen molar-refractivity contribution < 1.29 is 13.9 Å². The average molecular weight is 501 g/mol. The fraction of sp³-hybridized carbons (Fsp3) is 0.391. The molecule has 3 aromatic rings. The number of thiocarbonyl (C=S) groups is 1. The normalized spacial score (nSPS) is 14.1. The van der Waals surface area contributed by atoms with Gasteiger partial charge < -0.3 is 24.3 Å². The molecule has 1 amide bonds. The topological polar surface area (TPSA) is 99.1 Å². The first-order chi connectivity index (χ1) is 16.6. The molecule has 0 radical (unpaired) electrons. The number of imidazole rings is 1. The number of fused-ring (bicyclic) bond motifs is 1. The maximum absolute atomic E-state index is 14.3. The van der Waals surface area contributed by atoms with Crippen LogP contribution in [0.25, 0.3) is 5.65 Å². The average Bonchev–Trinajstić information content (AvgIpc) is 3.18. The number of anilines is 3. The van der Waals surface area contributed by atoms with E-state index in [-0.39, 0.29) is 16.9 Å². The number of carbonyl (C=O) groups is 1. The summed E-state index contributed by atoms with van der Waals surface area (Å²) in [6.07, 6.45) is 4.85. The third-order valence-corrected chi connectivity index (χ3v) is 5.43. The Balaban J connectivity index is 1.30. The third-order valence-electron chi connectivity index (χ3n) is 5.23. The Morgan fingerprint density at radius 1 is 1.17 bits per heavy atom. The number of halogens is 1. The molecule has 1 aliphatic heterocycles. The molecule has 1 aliphatic rings. The third kappa shape index (κ3) is 6.27. The summed E-state index contributed by atoms with van der Waals surface area (Å²) in [4.78, 5) is 24.6. The standard InChI is InChI=1S/C23H29FN8O2S/c1-15-13-32-14-16(11-18(24)20(32)26-15)27-21(35)29-28-19-12-17(5-6-25-19)30-7-9-31(10-8-30)22(33)34-23(2,3)4/h5-6,11-14H,7-10H2,1-4H3,(H,25,28)(H2,27,29,35). The number of hydrazine groups is 1. The maximum atomic E-state index is 14.3. The van der Waals surface area contributed by atoms with Crippen molar-refractivity contribution in [3.63, 3.8) is 0 Å². The first-order valence-electron chi connectivity index (χ1n) is 11.2. The molecule has 186 valence electrons. The summed E-state index contributed by atoms with van der Waals surface area (Å²) in [5.41, 5.74) is 7.75. The lowest BCUT2D eigenvalue weighted by atomic mass is 10.2. The molecule has 3 N–H and O–H groups in total. The monoisotopic (exact) mass is 500 g/mol. The van der Waals surface area contributed by atoms with Gasteiger partial charge in [0.05, 0.1) is 11.4 Å². The number of amides is 1. The second kappa shape index (κ2) is 9.90. The zero-order chi connectivity index (χ0) is 25.2. The van der Waals surface area contributed by atoms with E-state index < -0.39 is 11.4 Å². The van der Waals surface area contributed by atoms with E-state index in [0.29, 0.717) is 37.7 Å². The second-order valence-corrected chi connectivity index (χ2v) is 9.66. The van der Waals surface area contributed by atoms with Gasteiger partial charge in [-0.2, -0.15) is 0 Å². The number of hydrogen-bond acceptors (Lipinski definition) is 7. The Bertz CT molecular complexity index is 1230. The number of hydrogen-bond donors (Lipinski definition) is 3. The molecule has 1 saturated heterocycles. The van der Waals surface area contributed by atoms with Gasteiger partial charge in [-0.3, -0.25) is 10.9 Å². The highest BCUT2D eigenvalue weighted by molar-refractivity contribution is 7.80. The summed E-state index contributed by atoms with van der Waals surface area (Å²) < 4.78 is 21.3. The van der Waals surface area contributed by atoms with E-state index in [1.165, 1.54) is 6.07 Å². The Morgan fingerprint density at radius 2 is 1.91 bits per heavy atom. The lowest BCUT2D eigenvalue weighted by Crippen LogP contribution is -2.50. The molecular weight excluding hydrogens is 471 g/mol. The number of aromatic nitrogens is 3. The van der Waals surface area contributed by atoms with Gasteiger partial charge in [0.2, 0.25) is 0 Å². The van der Waals surface area contributed by atoms with Crippen LogP contribution >= 0.6 is 12.2 Å². The molecule has 35 heavy (non-hydrogen) atoms. The van der Waals surface area contributed by atoms with Crippen LogP contribution in [0.4, 0.5) is 26.4 Å². The first kappa shape index (κ1) is 24.5. The number of nitrogens with one attached hydrogen (secondary N) is 3. The van der Waals surface area contributed by atoms with Gasteiger partial charge in [0.25, 0.3) is 0 Å². The first-order valence-corrected chi connectivity index (χ1v) is 11.6. The smallest absolute Gasteiger partial charge is 0.410 e. The van der Waals surface area contributed by atoms with Crippen molar-refractivity contribution in [2.45, 2.75) is 33.3 Å². The molecule has 12 heteroatoms. The predicted molar refractivity (Wildman–Crippen MR) is 137 cm³/mol. The van der Waals surface area contributed by atoms with E-state index in [4.69, 9.17) is 17.0 Å². The maximum Gasteiger partial charge on any atom is 0.410 e. The van der Waals surface area contributed by atoms with Crippen molar-refractivity contribution in [1.82, 2.24) is 24.7 Å². The molecule has 0 bridgehead atoms. The Morgan fingerprint density at radius 3 is 2.63 bits per heavy atom. The number of carbonyl (C=O) groups excluding carboxylic acids is 1. The van der Waals surface area contributed by atoms with Crippen molar-refractivity contribution in [2.24, 2.45) is 0 Å². The molecule has 10 nitrogen and oxygen atoms in total. The van der Waals surface area contributed by atoms with Crippen LogP contribution in [0.3, 0.4) is 0 Å². The van der Waals surface area contributed by atoms with Gasteiger partial charge in [-0.25, -0.2) is 19.2 Å². The number of aryl methyl sites for hydroxylation is 1. The highest BCUT2D eigenvalue weighted by Gasteiger charge is 2.26. The van der Waals surface area contributed by atoms with Gasteiger partial charge in [0.1, 0.15) is 11.4 Å². The van der Waals surface area contributed by atoms with E-state index in [1.807, 2.05) is 32.9 Å². The fourth-order valence-corrected chi connectivity index (χ4v) is 3.86. The predicted octanol–water partition coefficient (Wildman–Crippen LogP) is 3.55. The number of nitrogens with zero attached hydrogens (tertiary/aromatic N) is 5. The Hall–Kier alpha value is -3.67. The van der Waals surface area contributed by atoms with Crippen LogP contribution in [0.15, 0.2) is 36.8 Å². The van der Waals surface area contributed by atoms with Crippen LogP contribution in [-0.2, 0) is 4.74 Å². The van der Waals surface area contributed by atoms with Gasteiger partial charge in [-0.15, -0.1) is 0 Å². The molecule has 4 heterocycles. The van der Waals surface area contributed by atoms with Crippen molar-refractivity contribution in [3.8, 4) is 0 Å². The van der Waals surface area contributed by atoms with E-state index in [1.54, 1.807) is 34.8 Å². The minimum absolute atomic E-state index is 0.249. The number of pyridine rings is 2. The van der Waals surface area contributed by atoms with Gasteiger partial charge >= 0.3 is 6.09 Å². The summed E-state index contributed by atoms with van der Waals surface area (Å²) in [6, 6.07) is 5.14. The number of rotatable bonds is 4. The summed E-state index contributed by atoms with van der Waals surface area (Å²) in [6.45, 7) is 9.89. The lowest BCUT2D eigenvalue weighted by Gasteiger charge is -2.36. The molecule has 0 spiro atoms. The molecule has 0 saturated carbocycles. The minimum Gasteiger partial charge on any atom is -0.444 e. The van der Waals surface area contributed by atoms with Crippen LogP contribution in [-0.4, -0.2) is 62.3 Å². The zero-order valence-corrected chi connectivity index (χ0v) is 20.9. The molecule has 1 fully saturated rings. The minimum atomic E-state index is -0.512. The molecule has 0 aromatic carbocycles. The Kier molecular flexibility index (Phi) is 6.92. The van der Waals surface area contributed by atoms with E-state index >= 15 is 0 Å². The zero-order valence-electron chi connectivity index (χ0n) is 20.1. The number of piperazine rings is 1. The van der Waals surface area contributed by atoms with Crippen molar-refractivity contribution in [2.75, 3.05) is 41.8 Å². The van der Waals surface area contributed by atoms with Gasteiger partial charge in [0.15, 0.2) is 16.6 Å². The van der Waals surface area contributed by atoms with E-state index in [2.05, 4.69) is 31.0 Å². The quantitative estimate of drug-likeness (QED) is 0.367. The summed E-state index contributed by atoms with van der Waals surface area (Å²) in [7, 11) is 0. The summed E-state index contributed by atoms with van der Waals surface area (Å²) in [5.74, 6) is 0.119. The summed E-state index contributed by atoms with van der Waals surface area (Å²) in [5, 5.41) is 3.19. The summed E-state index contributed by atoms with van der Waals surface area (Å²) >= 11 is 5.32. The number of ether oxygens (including phenoxy) is 1. The van der Waals surface area contributed by atoms with Crippen LogP contribution in [0.5, 0.6) is 0 Å². The van der Waals surface area contributed by atoms with Crippen molar-refractivity contribution in [1.29, 1.82) is 0 Å². The van der Waals surface area contributed by atoms with Crippen molar-refractivity contribution >= 4 is 46.3 Å². The Labute approximate surface area is 208 Å². The van der Waals surface area contributed by atoms with Crippen molar-refractivity contribution in [3.05, 3.63) is 48.3 Å². The lowest BCUT2D eigenvalue weighted by molar-refractivity contribution is 0.0240. The molecular formula is C23H29FN8O2S. The molecule has 0 atom stereocenters. The largest absolute Gasteiger partial charge is 0.444 e. The van der Waals surface area contributed by atoms with Crippen LogP contribution < -0.4 is 21.1 Å². The van der Waals surface area contributed by atoms with Gasteiger partial charge in [-0.1, -0.05) is 0 Å². The fourth-order valence-electron chi connectivity index (χ4n) is 3.69. The van der Waals surface area contributed by atoms with Crippen LogP contribution in [0, 0.1) is 12.7 Å². The molecule has 0 unspecified atom stereocenters. The molecule has 0 aliphatic carbocycles. The van der Waals surface area contributed by atoms with Gasteiger partial charge in [0, 0.05) is 62.6 Å². The highest BCUT2D eigenvalue weighted by Crippen LogP contribution is 2.20.